The SMILES string of the molecule is CC(=O)C(C(=O)Nc1cccc(-n2[nH]nnc2=S)c1)c1ccc(C#N)cc1. The maximum atomic E-state index is 12.7. The normalized spacial score (nSPS) is 11.4. The molecule has 0 spiro atoms. The molecule has 134 valence electrons. The lowest BCUT2D eigenvalue weighted by molar-refractivity contribution is -0.126. The zero-order valence-electron chi connectivity index (χ0n) is 14.2. The summed E-state index contributed by atoms with van der Waals surface area (Å²) < 4.78 is 1.73. The fourth-order valence-corrected chi connectivity index (χ4v) is 2.81. The Kier molecular flexibility index (Phi) is 5.19. The minimum absolute atomic E-state index is 0.248. The molecule has 0 aliphatic rings. The molecule has 2 N–H and O–H groups in total. The maximum absolute atomic E-state index is 12.7. The lowest BCUT2D eigenvalue weighted by Gasteiger charge is -2.15. The number of amides is 1. The third-order valence-corrected chi connectivity index (χ3v) is 4.15. The fourth-order valence-electron chi connectivity index (χ4n) is 2.62. The zero-order valence-corrected chi connectivity index (χ0v) is 15.0. The van der Waals surface area contributed by atoms with E-state index in [2.05, 4.69) is 20.8 Å². The van der Waals surface area contributed by atoms with Crippen molar-refractivity contribution in [2.45, 2.75) is 12.8 Å². The van der Waals surface area contributed by atoms with Crippen molar-refractivity contribution in [2.24, 2.45) is 0 Å². The van der Waals surface area contributed by atoms with Crippen LogP contribution in [0.15, 0.2) is 48.5 Å². The van der Waals surface area contributed by atoms with E-state index >= 15 is 0 Å². The van der Waals surface area contributed by atoms with E-state index in [1.54, 1.807) is 48.5 Å². The van der Waals surface area contributed by atoms with Crippen LogP contribution in [0.5, 0.6) is 0 Å². The van der Waals surface area contributed by atoms with Crippen molar-refractivity contribution in [1.29, 1.82) is 5.26 Å². The monoisotopic (exact) mass is 378 g/mol. The van der Waals surface area contributed by atoms with Gasteiger partial charge in [0.25, 0.3) is 0 Å². The number of H-pyrrole nitrogens is 1. The highest BCUT2D eigenvalue weighted by Crippen LogP contribution is 2.21. The molecule has 1 amide bonds. The molecule has 9 heteroatoms. The van der Waals surface area contributed by atoms with Crippen LogP contribution in [-0.4, -0.2) is 31.9 Å². The molecule has 1 unspecified atom stereocenters. The van der Waals surface area contributed by atoms with E-state index in [9.17, 15) is 9.59 Å². The van der Waals surface area contributed by atoms with Gasteiger partial charge in [-0.1, -0.05) is 28.5 Å². The van der Waals surface area contributed by atoms with E-state index in [1.165, 1.54) is 11.6 Å². The van der Waals surface area contributed by atoms with Gasteiger partial charge in [-0.2, -0.15) is 10.5 Å². The summed E-state index contributed by atoms with van der Waals surface area (Å²) in [7, 11) is 0. The largest absolute Gasteiger partial charge is 0.325 e. The number of nitrogens with one attached hydrogen (secondary N) is 2. The second-order valence-electron chi connectivity index (χ2n) is 5.74. The van der Waals surface area contributed by atoms with Crippen molar-refractivity contribution in [3.63, 3.8) is 0 Å². The second kappa shape index (κ2) is 7.72. The molecule has 3 aromatic rings. The number of carbonyl (C=O) groups excluding carboxylic acids is 2. The van der Waals surface area contributed by atoms with Crippen molar-refractivity contribution in [1.82, 2.24) is 20.2 Å². The molecular weight excluding hydrogens is 364 g/mol. The molecule has 3 rings (SSSR count). The van der Waals surface area contributed by atoms with Gasteiger partial charge in [-0.05, 0) is 55.0 Å². The number of tetrazole rings is 1. The van der Waals surface area contributed by atoms with E-state index < -0.39 is 11.8 Å². The molecule has 2 aromatic carbocycles. The van der Waals surface area contributed by atoms with Crippen LogP contribution < -0.4 is 5.32 Å². The van der Waals surface area contributed by atoms with Crippen LogP contribution >= 0.6 is 12.2 Å². The lowest BCUT2D eigenvalue weighted by atomic mass is 9.93. The van der Waals surface area contributed by atoms with E-state index in [-0.39, 0.29) is 10.6 Å². The summed E-state index contributed by atoms with van der Waals surface area (Å²) >= 11 is 5.06. The van der Waals surface area contributed by atoms with Gasteiger partial charge in [0.1, 0.15) is 11.7 Å². The Hall–Kier alpha value is -3.64. The highest BCUT2D eigenvalue weighted by Gasteiger charge is 2.25. The van der Waals surface area contributed by atoms with Crippen molar-refractivity contribution >= 4 is 29.6 Å². The van der Waals surface area contributed by atoms with E-state index in [1.807, 2.05) is 6.07 Å². The first-order valence-corrected chi connectivity index (χ1v) is 8.32. The second-order valence-corrected chi connectivity index (χ2v) is 6.10. The predicted molar refractivity (Wildman–Crippen MR) is 99.8 cm³/mol. The smallest absolute Gasteiger partial charge is 0.242 e. The number of nitriles is 1. The maximum Gasteiger partial charge on any atom is 0.242 e. The number of nitrogens with zero attached hydrogens (tertiary/aromatic N) is 4. The molecule has 1 atom stereocenters. The van der Waals surface area contributed by atoms with E-state index in [0.717, 1.165) is 0 Å². The topological polar surface area (TPSA) is 116 Å². The van der Waals surface area contributed by atoms with Gasteiger partial charge < -0.3 is 5.32 Å². The summed E-state index contributed by atoms with van der Waals surface area (Å²) in [5.41, 5.74) is 2.11. The summed E-state index contributed by atoms with van der Waals surface area (Å²) in [5.74, 6) is -1.73. The quantitative estimate of drug-likeness (QED) is 0.520. The number of benzene rings is 2. The summed E-state index contributed by atoms with van der Waals surface area (Å²) in [5, 5.41) is 21.6. The third kappa shape index (κ3) is 3.96. The van der Waals surface area contributed by atoms with Gasteiger partial charge >= 0.3 is 0 Å². The van der Waals surface area contributed by atoms with Crippen LogP contribution in [0.3, 0.4) is 0 Å². The van der Waals surface area contributed by atoms with Crippen molar-refractivity contribution in [3.8, 4) is 11.8 Å². The molecule has 0 fully saturated rings. The summed E-state index contributed by atoms with van der Waals surface area (Å²) in [4.78, 5) is 24.8. The molecule has 0 bridgehead atoms. The van der Waals surface area contributed by atoms with Crippen LogP contribution in [0.2, 0.25) is 0 Å². The van der Waals surface area contributed by atoms with Gasteiger partial charge in [-0.25, -0.2) is 4.68 Å². The Bertz CT molecular complexity index is 1090. The van der Waals surface area contributed by atoms with Crippen molar-refractivity contribution < 1.29 is 9.59 Å². The van der Waals surface area contributed by atoms with E-state index in [4.69, 9.17) is 17.5 Å². The van der Waals surface area contributed by atoms with Crippen molar-refractivity contribution in [3.05, 3.63) is 64.4 Å². The standard InChI is InChI=1S/C18H14N6O2S/c1-11(25)16(13-7-5-12(10-19)6-8-13)17(26)20-14-3-2-4-15(9-14)24-18(27)21-22-23-24/h2-9,16H,1H3,(H,20,26)(H,21,23,27). The number of anilines is 1. The van der Waals surface area contributed by atoms with Crippen LogP contribution in [0.4, 0.5) is 5.69 Å². The van der Waals surface area contributed by atoms with Crippen LogP contribution in [0, 0.1) is 16.1 Å². The Morgan fingerprint density at radius 3 is 2.59 bits per heavy atom. The minimum atomic E-state index is -0.975. The Labute approximate surface area is 159 Å². The predicted octanol–water partition coefficient (Wildman–Crippen LogP) is 2.51. The molecule has 1 aromatic heterocycles. The average molecular weight is 378 g/mol. The first-order valence-electron chi connectivity index (χ1n) is 7.91. The molecule has 1 heterocycles. The van der Waals surface area contributed by atoms with Gasteiger partial charge in [0.2, 0.25) is 10.7 Å². The number of hydrogen-bond donors (Lipinski definition) is 2. The summed E-state index contributed by atoms with van der Waals surface area (Å²) in [6.07, 6.45) is 0. The third-order valence-electron chi connectivity index (χ3n) is 3.89. The molecule has 8 nitrogen and oxygen atoms in total. The van der Waals surface area contributed by atoms with Crippen LogP contribution in [0.1, 0.15) is 24.0 Å². The molecule has 0 saturated heterocycles. The molecule has 0 aliphatic heterocycles. The number of hydrogen-bond acceptors (Lipinski definition) is 6. The number of aromatic amines is 1. The molecular formula is C18H14N6O2S. The molecule has 0 radical (unpaired) electrons. The van der Waals surface area contributed by atoms with Gasteiger partial charge in [0, 0.05) is 5.69 Å². The highest BCUT2D eigenvalue weighted by molar-refractivity contribution is 7.71. The first-order chi connectivity index (χ1) is 13.0. The van der Waals surface area contributed by atoms with Gasteiger partial charge in [0.05, 0.1) is 17.3 Å². The van der Waals surface area contributed by atoms with E-state index in [0.29, 0.717) is 22.5 Å². The number of ketones is 1. The van der Waals surface area contributed by atoms with Gasteiger partial charge in [-0.15, -0.1) is 0 Å². The van der Waals surface area contributed by atoms with Crippen LogP contribution in [0.25, 0.3) is 5.69 Å². The molecule has 27 heavy (non-hydrogen) atoms. The molecule has 0 saturated carbocycles. The number of Topliss-reactive ketones (excluding diaryl/α,β-unsaturated/α-hetero) is 1. The van der Waals surface area contributed by atoms with Gasteiger partial charge in [-0.3, -0.25) is 9.59 Å². The Balaban J connectivity index is 1.86. The summed E-state index contributed by atoms with van der Waals surface area (Å²) in [6.45, 7) is 1.36. The number of carbonyl (C=O) groups is 2. The number of rotatable bonds is 5. The Morgan fingerprint density at radius 2 is 2.00 bits per heavy atom. The minimum Gasteiger partial charge on any atom is -0.325 e. The van der Waals surface area contributed by atoms with Gasteiger partial charge in [0.15, 0.2) is 0 Å². The first kappa shape index (κ1) is 18.2. The average Bonchev–Trinajstić information content (AvgIpc) is 3.08. The Morgan fingerprint density at radius 1 is 1.26 bits per heavy atom. The highest BCUT2D eigenvalue weighted by atomic mass is 32.1. The molecule has 0 aliphatic carbocycles. The number of aromatic nitrogens is 4. The van der Waals surface area contributed by atoms with Crippen molar-refractivity contribution in [2.75, 3.05) is 5.32 Å². The summed E-state index contributed by atoms with van der Waals surface area (Å²) in [6, 6.07) is 15.3. The zero-order chi connectivity index (χ0) is 19.4. The fraction of sp³-hybridized carbons (Fsp3) is 0.111. The van der Waals surface area contributed by atoms with Crippen LogP contribution in [-0.2, 0) is 9.59 Å². The lowest BCUT2D eigenvalue weighted by Crippen LogP contribution is -2.26.